The molecule has 1 N–H and O–H groups in total. The Balaban J connectivity index is 2.30. The Morgan fingerprint density at radius 1 is 1.23 bits per heavy atom. The van der Waals surface area contributed by atoms with E-state index in [0.29, 0.717) is 18.8 Å². The quantitative estimate of drug-likeness (QED) is 0.769. The van der Waals surface area contributed by atoms with Crippen molar-refractivity contribution in [2.24, 2.45) is 0 Å². The van der Waals surface area contributed by atoms with Gasteiger partial charge in [0.1, 0.15) is 11.5 Å². The lowest BCUT2D eigenvalue weighted by Gasteiger charge is -2.19. The Labute approximate surface area is 159 Å². The van der Waals surface area contributed by atoms with Crippen LogP contribution in [0.25, 0.3) is 0 Å². The molecular formula is C18H23ClN2O4S. The van der Waals surface area contributed by atoms with Gasteiger partial charge < -0.3 is 9.73 Å². The van der Waals surface area contributed by atoms with E-state index in [1.165, 1.54) is 22.5 Å². The average molecular weight is 399 g/mol. The van der Waals surface area contributed by atoms with Gasteiger partial charge in [0.15, 0.2) is 0 Å². The van der Waals surface area contributed by atoms with Crippen LogP contribution >= 0.6 is 11.6 Å². The SMILES string of the molecule is CCN(CC)S(=O)(=O)c1ccc(Cl)c(C(=O)NC(C)c2ccc(C)o2)c1. The van der Waals surface area contributed by atoms with Crippen LogP contribution < -0.4 is 5.32 Å². The molecule has 0 aliphatic carbocycles. The number of rotatable bonds is 7. The molecule has 26 heavy (non-hydrogen) atoms. The number of amides is 1. The molecule has 1 amide bonds. The van der Waals surface area contributed by atoms with Crippen LogP contribution in [0, 0.1) is 6.92 Å². The maximum absolute atomic E-state index is 12.7. The van der Waals surface area contributed by atoms with Gasteiger partial charge >= 0.3 is 0 Å². The molecular weight excluding hydrogens is 376 g/mol. The summed E-state index contributed by atoms with van der Waals surface area (Å²) in [5.41, 5.74) is 0.107. The molecule has 1 atom stereocenters. The number of carbonyl (C=O) groups excluding carboxylic acids is 1. The highest BCUT2D eigenvalue weighted by Crippen LogP contribution is 2.24. The zero-order valence-corrected chi connectivity index (χ0v) is 16.8. The molecule has 0 aliphatic rings. The number of halogens is 1. The molecule has 6 nitrogen and oxygen atoms in total. The molecule has 0 saturated heterocycles. The van der Waals surface area contributed by atoms with Crippen LogP contribution in [0.3, 0.4) is 0 Å². The van der Waals surface area contributed by atoms with Crippen LogP contribution in [0.4, 0.5) is 0 Å². The van der Waals surface area contributed by atoms with Crippen LogP contribution in [-0.2, 0) is 10.0 Å². The van der Waals surface area contributed by atoms with Crippen LogP contribution in [0.5, 0.6) is 0 Å². The molecule has 1 unspecified atom stereocenters. The van der Waals surface area contributed by atoms with Gasteiger partial charge in [-0.3, -0.25) is 4.79 Å². The third kappa shape index (κ3) is 4.28. The van der Waals surface area contributed by atoms with Gasteiger partial charge in [-0.05, 0) is 44.2 Å². The minimum Gasteiger partial charge on any atom is -0.464 e. The van der Waals surface area contributed by atoms with Crippen molar-refractivity contribution in [2.45, 2.75) is 38.6 Å². The summed E-state index contributed by atoms with van der Waals surface area (Å²) in [5, 5.41) is 2.96. The number of nitrogens with zero attached hydrogens (tertiary/aromatic N) is 1. The monoisotopic (exact) mass is 398 g/mol. The highest BCUT2D eigenvalue weighted by Gasteiger charge is 2.24. The topological polar surface area (TPSA) is 79.6 Å². The summed E-state index contributed by atoms with van der Waals surface area (Å²) in [4.78, 5) is 12.6. The molecule has 142 valence electrons. The molecule has 1 aromatic heterocycles. The zero-order chi connectivity index (χ0) is 19.5. The fourth-order valence-corrected chi connectivity index (χ4v) is 4.27. The number of furan rings is 1. The number of hydrogen-bond donors (Lipinski definition) is 1. The maximum atomic E-state index is 12.7. The Bertz CT molecular complexity index is 888. The third-order valence-corrected chi connectivity index (χ3v) is 6.44. The lowest BCUT2D eigenvalue weighted by molar-refractivity contribution is 0.0935. The standard InChI is InChI=1S/C18H23ClN2O4S/c1-5-21(6-2)26(23,24)14-8-9-16(19)15(11-14)18(22)20-13(4)17-10-7-12(3)25-17/h7-11,13H,5-6H2,1-4H3,(H,20,22). The zero-order valence-electron chi connectivity index (χ0n) is 15.2. The Morgan fingerprint density at radius 2 is 1.88 bits per heavy atom. The van der Waals surface area contributed by atoms with Crippen molar-refractivity contribution in [2.75, 3.05) is 13.1 Å². The van der Waals surface area contributed by atoms with Gasteiger partial charge in [0.2, 0.25) is 10.0 Å². The first-order chi connectivity index (χ1) is 12.2. The first-order valence-electron chi connectivity index (χ1n) is 8.37. The van der Waals surface area contributed by atoms with E-state index in [2.05, 4.69) is 5.32 Å². The second-order valence-electron chi connectivity index (χ2n) is 5.87. The summed E-state index contributed by atoms with van der Waals surface area (Å²) >= 11 is 6.13. The number of nitrogens with one attached hydrogen (secondary N) is 1. The first kappa shape index (κ1) is 20.5. The van der Waals surface area contributed by atoms with Crippen molar-refractivity contribution in [1.82, 2.24) is 9.62 Å². The second-order valence-corrected chi connectivity index (χ2v) is 8.22. The molecule has 0 spiro atoms. The molecule has 1 aromatic carbocycles. The molecule has 0 aliphatic heterocycles. The molecule has 0 fully saturated rings. The van der Waals surface area contributed by atoms with Gasteiger partial charge in [0.25, 0.3) is 5.91 Å². The highest BCUT2D eigenvalue weighted by atomic mass is 35.5. The van der Waals surface area contributed by atoms with Crippen molar-refractivity contribution >= 4 is 27.5 Å². The van der Waals surface area contributed by atoms with E-state index < -0.39 is 15.9 Å². The molecule has 2 rings (SSSR count). The normalized spacial score (nSPS) is 13.0. The summed E-state index contributed by atoms with van der Waals surface area (Å²) < 4.78 is 32.2. The van der Waals surface area contributed by atoms with E-state index >= 15 is 0 Å². The molecule has 0 radical (unpaired) electrons. The Kier molecular flexibility index (Phi) is 6.49. The lowest BCUT2D eigenvalue weighted by atomic mass is 10.2. The van der Waals surface area contributed by atoms with Gasteiger partial charge in [-0.1, -0.05) is 25.4 Å². The third-order valence-electron chi connectivity index (χ3n) is 4.06. The van der Waals surface area contributed by atoms with Crippen LogP contribution in [-0.4, -0.2) is 31.7 Å². The summed E-state index contributed by atoms with van der Waals surface area (Å²) in [6.07, 6.45) is 0. The lowest BCUT2D eigenvalue weighted by Crippen LogP contribution is -2.31. The highest BCUT2D eigenvalue weighted by molar-refractivity contribution is 7.89. The first-order valence-corrected chi connectivity index (χ1v) is 10.2. The molecule has 1 heterocycles. The molecule has 0 bridgehead atoms. The van der Waals surface area contributed by atoms with E-state index in [1.807, 2.05) is 13.0 Å². The number of sulfonamides is 1. The van der Waals surface area contributed by atoms with Gasteiger partial charge in [-0.15, -0.1) is 0 Å². The van der Waals surface area contributed by atoms with Crippen molar-refractivity contribution in [3.63, 3.8) is 0 Å². The smallest absolute Gasteiger partial charge is 0.253 e. The minimum atomic E-state index is -3.68. The van der Waals surface area contributed by atoms with E-state index in [0.717, 1.165) is 5.76 Å². The van der Waals surface area contributed by atoms with Crippen molar-refractivity contribution in [1.29, 1.82) is 0 Å². The Morgan fingerprint density at radius 3 is 2.42 bits per heavy atom. The van der Waals surface area contributed by atoms with Crippen LogP contribution in [0.2, 0.25) is 5.02 Å². The summed E-state index contributed by atoms with van der Waals surface area (Å²) in [6.45, 7) is 7.81. The van der Waals surface area contributed by atoms with E-state index in [1.54, 1.807) is 26.8 Å². The molecule has 0 saturated carbocycles. The average Bonchev–Trinajstić information content (AvgIpc) is 3.02. The minimum absolute atomic E-state index is 0.0391. The fourth-order valence-electron chi connectivity index (χ4n) is 2.58. The predicted octanol–water partition coefficient (Wildman–Crippen LogP) is 3.76. The largest absolute Gasteiger partial charge is 0.464 e. The number of hydrogen-bond acceptors (Lipinski definition) is 4. The number of carbonyl (C=O) groups is 1. The van der Waals surface area contributed by atoms with Gasteiger partial charge in [0.05, 0.1) is 21.5 Å². The van der Waals surface area contributed by atoms with Crippen molar-refractivity contribution in [3.8, 4) is 0 Å². The summed E-state index contributed by atoms with van der Waals surface area (Å²) in [7, 11) is -3.68. The maximum Gasteiger partial charge on any atom is 0.253 e. The van der Waals surface area contributed by atoms with E-state index in [9.17, 15) is 13.2 Å². The van der Waals surface area contributed by atoms with Crippen molar-refractivity contribution < 1.29 is 17.6 Å². The fraction of sp³-hybridized carbons (Fsp3) is 0.389. The predicted molar refractivity (Wildman–Crippen MR) is 101 cm³/mol. The number of benzene rings is 1. The van der Waals surface area contributed by atoms with Gasteiger partial charge in [0, 0.05) is 13.1 Å². The molecule has 2 aromatic rings. The van der Waals surface area contributed by atoms with E-state index in [-0.39, 0.29) is 21.5 Å². The number of aryl methyl sites for hydroxylation is 1. The second kappa shape index (κ2) is 8.24. The van der Waals surface area contributed by atoms with Gasteiger partial charge in [-0.25, -0.2) is 8.42 Å². The van der Waals surface area contributed by atoms with Crippen LogP contribution in [0.15, 0.2) is 39.6 Å². The van der Waals surface area contributed by atoms with Crippen LogP contribution in [0.1, 0.15) is 48.7 Å². The Hall–Kier alpha value is -1.83. The summed E-state index contributed by atoms with van der Waals surface area (Å²) in [5.74, 6) is 0.887. The summed E-state index contributed by atoms with van der Waals surface area (Å²) in [6, 6.07) is 7.35. The van der Waals surface area contributed by atoms with Gasteiger partial charge in [-0.2, -0.15) is 4.31 Å². The van der Waals surface area contributed by atoms with Crippen molar-refractivity contribution in [3.05, 3.63) is 52.4 Å². The van der Waals surface area contributed by atoms with E-state index in [4.69, 9.17) is 16.0 Å². The molecule has 8 heteroatoms.